The minimum Gasteiger partial charge on any atom is -0.507 e. The molecular weight excluding hydrogens is 639 g/mol. The molecule has 4 atom stereocenters. The topological polar surface area (TPSA) is 130 Å². The third-order valence-corrected chi connectivity index (χ3v) is 9.67. The minimum absolute atomic E-state index is 0.156. The van der Waals surface area contributed by atoms with Crippen LogP contribution in [0.3, 0.4) is 0 Å². The number of phenols is 1. The quantitative estimate of drug-likeness (QED) is 0.0674. The fourth-order valence-electron chi connectivity index (χ4n) is 7.17. The molecule has 45 heavy (non-hydrogen) atoms. The van der Waals surface area contributed by atoms with Crippen LogP contribution in [0.2, 0.25) is 6.32 Å². The summed E-state index contributed by atoms with van der Waals surface area (Å²) in [4.78, 5) is 39.6. The Hall–Kier alpha value is -4.06. The average molecular weight is 671 g/mol. The van der Waals surface area contributed by atoms with E-state index >= 15 is 0 Å². The zero-order chi connectivity index (χ0) is 31.8. The number of anilines is 1. The van der Waals surface area contributed by atoms with E-state index < -0.39 is 41.8 Å². The molecule has 0 unspecified atom stereocenters. The van der Waals surface area contributed by atoms with Crippen molar-refractivity contribution in [2.24, 2.45) is 17.8 Å². The number of allylic oxidation sites excluding steroid dienone is 2. The average Bonchev–Trinajstić information content (AvgIpc) is 3.29. The third-order valence-electron chi connectivity index (χ3n) is 9.17. The number of hydrogen-bond acceptors (Lipinski definition) is 7. The summed E-state index contributed by atoms with van der Waals surface area (Å²) in [6.07, 6.45) is 3.78. The van der Waals surface area contributed by atoms with E-state index in [1.54, 1.807) is 12.1 Å². The van der Waals surface area contributed by atoms with Crippen LogP contribution in [-0.4, -0.2) is 40.1 Å². The smallest absolute Gasteiger partial charge is 0.455 e. The Morgan fingerprint density at radius 1 is 1.09 bits per heavy atom. The van der Waals surface area contributed by atoms with Crippen LogP contribution in [0.15, 0.2) is 88.4 Å². The first-order chi connectivity index (χ1) is 21.7. The lowest BCUT2D eigenvalue weighted by molar-refractivity contribution is -0.384. The van der Waals surface area contributed by atoms with E-state index in [1.165, 1.54) is 24.3 Å². The molecule has 0 aromatic heterocycles. The second-order valence-corrected chi connectivity index (χ2v) is 12.7. The summed E-state index contributed by atoms with van der Waals surface area (Å²) in [6.45, 7) is 2.02. The fourth-order valence-corrected chi connectivity index (χ4v) is 7.55. The molecule has 0 spiro atoms. The molecule has 0 bridgehead atoms. The minimum atomic E-state index is -1.12. The maximum absolute atomic E-state index is 14.0. The summed E-state index contributed by atoms with van der Waals surface area (Å²) in [5.74, 6) is -2.30. The van der Waals surface area contributed by atoms with Crippen LogP contribution in [0.25, 0.3) is 11.6 Å². The number of benzene rings is 3. The van der Waals surface area contributed by atoms with Crippen molar-refractivity contribution in [3.8, 4) is 5.75 Å². The number of carbonyl (C=O) groups excluding carboxylic acids is 2. The molecule has 2 N–H and O–H groups in total. The van der Waals surface area contributed by atoms with Crippen molar-refractivity contribution in [2.75, 3.05) is 4.90 Å². The highest BCUT2D eigenvalue weighted by Crippen LogP contribution is 2.52. The molecule has 0 radical (unpaired) electrons. The number of phenolic OH excluding ortho intramolecular Hbond substituents is 1. The highest BCUT2D eigenvalue weighted by molar-refractivity contribution is 9.10. The Morgan fingerprint density at radius 3 is 2.60 bits per heavy atom. The van der Waals surface area contributed by atoms with Crippen LogP contribution in [0.4, 0.5) is 11.4 Å². The molecule has 3 aromatic carbocycles. The lowest BCUT2D eigenvalue weighted by Gasteiger charge is -2.43. The zero-order valence-corrected chi connectivity index (χ0v) is 26.2. The predicted octanol–water partition coefficient (Wildman–Crippen LogP) is 6.80. The third kappa shape index (κ3) is 6.00. The molecule has 3 aliphatic rings. The van der Waals surface area contributed by atoms with E-state index in [9.17, 15) is 29.8 Å². The Kier molecular flexibility index (Phi) is 8.77. The maximum atomic E-state index is 14.0. The molecule has 2 heterocycles. The van der Waals surface area contributed by atoms with Gasteiger partial charge in [0.1, 0.15) is 5.75 Å². The fraction of sp³-hybridized carbons (Fsp3) is 0.294. The number of non-ortho nitro benzene ring substituents is 1. The number of imide groups is 1. The lowest BCUT2D eigenvalue weighted by atomic mass is 9.58. The molecule has 230 valence electrons. The standard InChI is InChI=1S/C34H32BBrN2O7/c1-2-20-17-27-32(34(41)37(33(27)40)25-9-6-10-26(18-25)38(43)44)28-19-35(42)45-30(31(20)28)14-11-22(21-7-4-3-5-8-21)15-23-16-24(36)12-13-29(23)39/h3-10,12-13,15-16,18,27-28,30,32,39,42H,2,11,14,17,19H2,1H3/b22-15-/t27-,28+,30-,32-/m1/s1. The van der Waals surface area contributed by atoms with Gasteiger partial charge in [-0.3, -0.25) is 19.7 Å². The number of nitrogens with zero attached hydrogens (tertiary/aromatic N) is 2. The molecule has 3 aromatic rings. The van der Waals surface area contributed by atoms with Crippen molar-refractivity contribution < 1.29 is 29.3 Å². The summed E-state index contributed by atoms with van der Waals surface area (Å²) in [5, 5.41) is 32.9. The number of rotatable bonds is 8. The van der Waals surface area contributed by atoms with Gasteiger partial charge in [-0.15, -0.1) is 0 Å². The van der Waals surface area contributed by atoms with Gasteiger partial charge in [0.15, 0.2) is 0 Å². The van der Waals surface area contributed by atoms with Crippen molar-refractivity contribution in [1.29, 1.82) is 0 Å². The van der Waals surface area contributed by atoms with E-state index in [0.717, 1.165) is 31.7 Å². The summed E-state index contributed by atoms with van der Waals surface area (Å²) in [6, 6.07) is 20.7. The number of fused-ring (bicyclic) bond motifs is 3. The Bertz CT molecular complexity index is 1730. The molecule has 0 saturated carbocycles. The van der Waals surface area contributed by atoms with Gasteiger partial charge in [0.25, 0.3) is 5.69 Å². The van der Waals surface area contributed by atoms with Crippen LogP contribution in [0, 0.1) is 27.9 Å². The number of carbonyl (C=O) groups is 2. The lowest BCUT2D eigenvalue weighted by Crippen LogP contribution is -2.46. The van der Waals surface area contributed by atoms with Crippen molar-refractivity contribution in [3.63, 3.8) is 0 Å². The second kappa shape index (κ2) is 12.7. The summed E-state index contributed by atoms with van der Waals surface area (Å²) >= 11 is 3.48. The van der Waals surface area contributed by atoms with E-state index in [1.807, 2.05) is 49.4 Å². The maximum Gasteiger partial charge on any atom is 0.455 e. The van der Waals surface area contributed by atoms with Crippen LogP contribution in [0.1, 0.15) is 43.7 Å². The van der Waals surface area contributed by atoms with Gasteiger partial charge in [0.2, 0.25) is 11.8 Å². The van der Waals surface area contributed by atoms with Gasteiger partial charge in [-0.25, -0.2) is 4.90 Å². The van der Waals surface area contributed by atoms with E-state index in [-0.39, 0.29) is 29.4 Å². The van der Waals surface area contributed by atoms with Gasteiger partial charge in [-0.2, -0.15) is 0 Å². The van der Waals surface area contributed by atoms with Crippen LogP contribution in [-0.2, 0) is 14.2 Å². The number of hydrogen-bond donors (Lipinski definition) is 2. The van der Waals surface area contributed by atoms with Gasteiger partial charge >= 0.3 is 7.12 Å². The molecule has 2 fully saturated rings. The van der Waals surface area contributed by atoms with Gasteiger partial charge in [0, 0.05) is 22.2 Å². The first-order valence-electron chi connectivity index (χ1n) is 15.1. The number of amides is 2. The number of aromatic hydroxyl groups is 1. The SMILES string of the molecule is CCC1=C2[C@@H](CC/C(=C/c3cc(Br)ccc3O)c3ccccc3)OB(O)C[C@@H]2[C@@H]2C(=O)N(c3cccc([N+](=O)[O-])c3)C(=O)[C@@H]2C1. The first kappa shape index (κ1) is 30.9. The zero-order valence-electron chi connectivity index (χ0n) is 24.6. The second-order valence-electron chi connectivity index (χ2n) is 11.7. The van der Waals surface area contributed by atoms with E-state index in [4.69, 9.17) is 4.65 Å². The Labute approximate surface area is 269 Å². The molecule has 2 aliphatic heterocycles. The van der Waals surface area contributed by atoms with Gasteiger partial charge in [-0.1, -0.05) is 64.8 Å². The summed E-state index contributed by atoms with van der Waals surface area (Å²) in [5.41, 5.74) is 4.64. The highest BCUT2D eigenvalue weighted by atomic mass is 79.9. The predicted molar refractivity (Wildman–Crippen MR) is 175 cm³/mol. The molecule has 1 aliphatic carbocycles. The molecule has 9 nitrogen and oxygen atoms in total. The van der Waals surface area contributed by atoms with E-state index in [2.05, 4.69) is 15.9 Å². The van der Waals surface area contributed by atoms with Crippen molar-refractivity contribution in [1.82, 2.24) is 0 Å². The highest BCUT2D eigenvalue weighted by Gasteiger charge is 2.57. The number of nitro benzene ring substituents is 1. The molecule has 11 heteroatoms. The van der Waals surface area contributed by atoms with Crippen molar-refractivity contribution >= 4 is 57.9 Å². The molecule has 6 rings (SSSR count). The van der Waals surface area contributed by atoms with Gasteiger partial charge in [0.05, 0.1) is 28.6 Å². The van der Waals surface area contributed by atoms with Crippen LogP contribution in [0.5, 0.6) is 5.75 Å². The summed E-state index contributed by atoms with van der Waals surface area (Å²) in [7, 11) is -1.12. The van der Waals surface area contributed by atoms with Crippen LogP contribution >= 0.6 is 15.9 Å². The molecule has 2 amide bonds. The normalized spacial score (nSPS) is 23.3. The Balaban J connectivity index is 1.32. The monoisotopic (exact) mass is 670 g/mol. The molecule has 2 saturated heterocycles. The molecular formula is C34H32BBrN2O7. The van der Waals surface area contributed by atoms with Crippen molar-refractivity contribution in [2.45, 2.75) is 45.0 Å². The number of halogens is 1. The van der Waals surface area contributed by atoms with E-state index in [0.29, 0.717) is 31.2 Å². The summed E-state index contributed by atoms with van der Waals surface area (Å²) < 4.78 is 7.00. The number of nitro groups is 1. The Morgan fingerprint density at radius 2 is 1.87 bits per heavy atom. The van der Waals surface area contributed by atoms with Gasteiger partial charge in [-0.05, 0) is 85.0 Å². The largest absolute Gasteiger partial charge is 0.507 e. The van der Waals surface area contributed by atoms with Crippen molar-refractivity contribution in [3.05, 3.63) is 110 Å². The van der Waals surface area contributed by atoms with Gasteiger partial charge < -0.3 is 14.8 Å². The first-order valence-corrected chi connectivity index (χ1v) is 15.9. The van der Waals surface area contributed by atoms with Crippen LogP contribution < -0.4 is 4.90 Å².